The smallest absolute Gasteiger partial charge is 0.269 e. The topological polar surface area (TPSA) is 199 Å². The van der Waals surface area contributed by atoms with Crippen molar-refractivity contribution in [1.29, 1.82) is 0 Å². The van der Waals surface area contributed by atoms with Crippen LogP contribution in [-0.4, -0.2) is 96.4 Å². The molecule has 4 atom stereocenters. The molecule has 8 N–H and O–H groups in total. The van der Waals surface area contributed by atoms with Crippen LogP contribution in [0.25, 0.3) is 0 Å². The number of anilines is 4. The number of hydrogen-bond donors (Lipinski definition) is 4. The van der Waals surface area contributed by atoms with E-state index in [1.165, 1.54) is 12.1 Å². The van der Waals surface area contributed by atoms with Gasteiger partial charge in [-0.05, 0) is 25.0 Å². The summed E-state index contributed by atoms with van der Waals surface area (Å²) in [4.78, 5) is 33.5. The Kier molecular flexibility index (Phi) is 7.24. The van der Waals surface area contributed by atoms with Crippen LogP contribution in [0.15, 0.2) is 24.3 Å². The highest BCUT2D eigenvalue weighted by atomic mass is 16.6. The molecule has 3 aliphatic rings. The summed E-state index contributed by atoms with van der Waals surface area (Å²) in [5.41, 5.74) is 26.1. The van der Waals surface area contributed by atoms with Crippen LogP contribution < -0.4 is 42.5 Å². The highest BCUT2D eigenvalue weighted by molar-refractivity contribution is 5.53. The average molecular weight is 513 g/mol. The first-order chi connectivity index (χ1) is 17.7. The Morgan fingerprint density at radius 3 is 1.43 bits per heavy atom. The van der Waals surface area contributed by atoms with Gasteiger partial charge in [0.25, 0.3) is 5.69 Å². The molecule has 4 heterocycles. The molecule has 5 rings (SSSR count). The standard InChI is InChI=1S/C23H36N12O2/c24-15-9-16(25)12-33(11-15)22-28-21(29-23(30-22)34-13-17(26)10-18(27)14-34)32-7-5-31(6-8-32)19-1-3-20(4-2-19)35(36)37/h1-4,15-18H,5-14,24-27H2. The molecule has 4 unspecified atom stereocenters. The summed E-state index contributed by atoms with van der Waals surface area (Å²) in [6, 6.07) is 6.47. The van der Waals surface area contributed by atoms with Crippen LogP contribution in [0.5, 0.6) is 0 Å². The van der Waals surface area contributed by atoms with E-state index in [-0.39, 0.29) is 34.8 Å². The van der Waals surface area contributed by atoms with Gasteiger partial charge in [0.1, 0.15) is 0 Å². The minimum atomic E-state index is -0.387. The minimum Gasteiger partial charge on any atom is -0.368 e. The highest BCUT2D eigenvalue weighted by Crippen LogP contribution is 2.26. The first-order valence-electron chi connectivity index (χ1n) is 12.8. The van der Waals surface area contributed by atoms with Crippen molar-refractivity contribution in [3.05, 3.63) is 34.4 Å². The highest BCUT2D eigenvalue weighted by Gasteiger charge is 2.30. The third-order valence-electron chi connectivity index (χ3n) is 7.18. The fourth-order valence-corrected chi connectivity index (χ4v) is 5.40. The molecule has 0 spiro atoms. The zero-order valence-electron chi connectivity index (χ0n) is 20.9. The van der Waals surface area contributed by atoms with Gasteiger partial charge in [0.15, 0.2) is 0 Å². The lowest BCUT2D eigenvalue weighted by molar-refractivity contribution is -0.384. The predicted octanol–water partition coefficient (Wildman–Crippen LogP) is -1.16. The second kappa shape index (κ2) is 10.6. The number of nitrogens with zero attached hydrogens (tertiary/aromatic N) is 8. The minimum absolute atomic E-state index is 0.0468. The van der Waals surface area contributed by atoms with Gasteiger partial charge in [-0.25, -0.2) is 0 Å². The van der Waals surface area contributed by atoms with Crippen LogP contribution in [0.2, 0.25) is 0 Å². The van der Waals surface area contributed by atoms with Crippen molar-refractivity contribution in [2.45, 2.75) is 37.0 Å². The van der Waals surface area contributed by atoms with Crippen LogP contribution in [0, 0.1) is 10.1 Å². The monoisotopic (exact) mass is 512 g/mol. The molecule has 0 radical (unpaired) electrons. The van der Waals surface area contributed by atoms with E-state index in [1.54, 1.807) is 12.1 Å². The number of benzene rings is 1. The van der Waals surface area contributed by atoms with E-state index in [1.807, 2.05) is 9.80 Å². The molecule has 14 heteroatoms. The Labute approximate surface area is 215 Å². The molecule has 200 valence electrons. The Hall–Kier alpha value is -3.33. The first kappa shape index (κ1) is 25.3. The van der Waals surface area contributed by atoms with E-state index in [0.29, 0.717) is 57.1 Å². The van der Waals surface area contributed by atoms with Crippen molar-refractivity contribution < 1.29 is 4.92 Å². The Morgan fingerprint density at radius 1 is 0.649 bits per heavy atom. The summed E-state index contributed by atoms with van der Waals surface area (Å²) in [7, 11) is 0. The molecular weight excluding hydrogens is 476 g/mol. The van der Waals surface area contributed by atoms with Gasteiger partial charge >= 0.3 is 0 Å². The van der Waals surface area contributed by atoms with Crippen molar-refractivity contribution >= 4 is 29.2 Å². The van der Waals surface area contributed by atoms with Crippen molar-refractivity contribution in [2.75, 3.05) is 72.0 Å². The number of nitro groups is 1. The number of nitro benzene ring substituents is 1. The van der Waals surface area contributed by atoms with Crippen LogP contribution in [-0.2, 0) is 0 Å². The molecule has 3 fully saturated rings. The fourth-order valence-electron chi connectivity index (χ4n) is 5.40. The van der Waals surface area contributed by atoms with E-state index < -0.39 is 0 Å². The normalized spacial score (nSPS) is 26.9. The van der Waals surface area contributed by atoms with Gasteiger partial charge in [-0.15, -0.1) is 0 Å². The first-order valence-corrected chi connectivity index (χ1v) is 12.8. The fraction of sp³-hybridized carbons (Fsp3) is 0.609. The number of piperazine rings is 1. The van der Waals surface area contributed by atoms with Gasteiger partial charge in [-0.1, -0.05) is 0 Å². The maximum absolute atomic E-state index is 11.0. The molecule has 37 heavy (non-hydrogen) atoms. The van der Waals surface area contributed by atoms with E-state index in [9.17, 15) is 10.1 Å². The van der Waals surface area contributed by atoms with Crippen LogP contribution in [0.3, 0.4) is 0 Å². The molecule has 14 nitrogen and oxygen atoms in total. The Balaban J connectivity index is 1.37. The third-order valence-corrected chi connectivity index (χ3v) is 7.18. The number of rotatable bonds is 5. The second-order valence-electron chi connectivity index (χ2n) is 10.3. The maximum Gasteiger partial charge on any atom is 0.269 e. The lowest BCUT2D eigenvalue weighted by Gasteiger charge is -2.39. The molecular formula is C23H36N12O2. The SMILES string of the molecule is NC1CC(N)CN(c2nc(N3CCN(c4ccc([N+](=O)[O-])cc4)CC3)nc(N3CC(N)CC(N)C3)n2)C1. The number of hydrogen-bond acceptors (Lipinski definition) is 13. The largest absolute Gasteiger partial charge is 0.368 e. The molecule has 0 saturated carbocycles. The Bertz CT molecular complexity index is 1030. The molecule has 3 saturated heterocycles. The van der Waals surface area contributed by atoms with Gasteiger partial charge in [0.05, 0.1) is 4.92 Å². The lowest BCUT2D eigenvalue weighted by Crippen LogP contribution is -2.54. The van der Waals surface area contributed by atoms with E-state index in [0.717, 1.165) is 31.6 Å². The van der Waals surface area contributed by atoms with Crippen molar-refractivity contribution in [2.24, 2.45) is 22.9 Å². The van der Waals surface area contributed by atoms with Crippen LogP contribution in [0.1, 0.15) is 12.8 Å². The van der Waals surface area contributed by atoms with Gasteiger partial charge in [0.2, 0.25) is 17.8 Å². The number of piperidine rings is 2. The van der Waals surface area contributed by atoms with Gasteiger partial charge in [-0.2, -0.15) is 15.0 Å². The Morgan fingerprint density at radius 2 is 1.03 bits per heavy atom. The van der Waals surface area contributed by atoms with E-state index in [4.69, 9.17) is 37.9 Å². The van der Waals surface area contributed by atoms with Gasteiger partial charge < -0.3 is 42.5 Å². The molecule has 0 aliphatic carbocycles. The van der Waals surface area contributed by atoms with Crippen molar-refractivity contribution in [3.63, 3.8) is 0 Å². The molecule has 1 aromatic carbocycles. The van der Waals surface area contributed by atoms with Crippen molar-refractivity contribution in [1.82, 2.24) is 15.0 Å². The number of nitrogens with two attached hydrogens (primary N) is 4. The summed E-state index contributed by atoms with van der Waals surface area (Å²) >= 11 is 0. The van der Waals surface area contributed by atoms with Gasteiger partial charge in [-0.3, -0.25) is 10.1 Å². The summed E-state index contributed by atoms with van der Waals surface area (Å²) in [6.45, 7) is 5.36. The molecule has 0 amide bonds. The maximum atomic E-state index is 11.0. The molecule has 3 aliphatic heterocycles. The van der Waals surface area contributed by atoms with Crippen LogP contribution >= 0.6 is 0 Å². The zero-order chi connectivity index (χ0) is 26.1. The molecule has 1 aromatic heterocycles. The summed E-state index contributed by atoms with van der Waals surface area (Å²) in [5, 5.41) is 11.0. The quantitative estimate of drug-likeness (QED) is 0.276. The molecule has 2 aromatic rings. The van der Waals surface area contributed by atoms with Crippen molar-refractivity contribution in [3.8, 4) is 0 Å². The third kappa shape index (κ3) is 5.82. The summed E-state index contributed by atoms with van der Waals surface area (Å²) in [5.74, 6) is 1.73. The van der Waals surface area contributed by atoms with E-state index >= 15 is 0 Å². The van der Waals surface area contributed by atoms with E-state index in [2.05, 4.69) is 9.80 Å². The summed E-state index contributed by atoms with van der Waals surface area (Å²) in [6.07, 6.45) is 1.53. The lowest BCUT2D eigenvalue weighted by atomic mass is 10.0. The predicted molar refractivity (Wildman–Crippen MR) is 143 cm³/mol. The second-order valence-corrected chi connectivity index (χ2v) is 10.3. The molecule has 0 bridgehead atoms. The number of non-ortho nitro benzene ring substituents is 1. The zero-order valence-corrected chi connectivity index (χ0v) is 20.9. The average Bonchev–Trinajstić information content (AvgIpc) is 2.87. The number of aromatic nitrogens is 3. The summed E-state index contributed by atoms with van der Waals surface area (Å²) < 4.78 is 0. The van der Waals surface area contributed by atoms with Crippen LogP contribution in [0.4, 0.5) is 29.2 Å². The van der Waals surface area contributed by atoms with Gasteiger partial charge in [0, 0.05) is 94.3 Å².